The van der Waals surface area contributed by atoms with E-state index in [-0.39, 0.29) is 18.6 Å². The van der Waals surface area contributed by atoms with E-state index in [4.69, 9.17) is 18.9 Å². The molecule has 0 spiro atoms. The molecule has 1 atom stereocenters. The Morgan fingerprint density at radius 2 is 2.00 bits per heavy atom. The Hall–Kier alpha value is -3.67. The molecule has 2 aromatic rings. The summed E-state index contributed by atoms with van der Waals surface area (Å²) in [6, 6.07) is 4.59. The fraction of sp³-hybridized carbons (Fsp3) is 0.500. The number of aromatic nitrogens is 4. The molecule has 1 aromatic carbocycles. The second-order valence-corrected chi connectivity index (χ2v) is 8.16. The molecule has 1 saturated heterocycles. The van der Waals surface area contributed by atoms with Gasteiger partial charge < -0.3 is 29.2 Å². The van der Waals surface area contributed by atoms with Gasteiger partial charge in [-0.2, -0.15) is 4.68 Å². The van der Waals surface area contributed by atoms with Crippen LogP contribution in [0.1, 0.15) is 32.4 Å². The van der Waals surface area contributed by atoms with Crippen molar-refractivity contribution in [2.24, 2.45) is 0 Å². The monoisotopic (exact) mass is 472 g/mol. The number of fused-ring (bicyclic) bond motifs is 1. The minimum absolute atomic E-state index is 0.120. The lowest BCUT2D eigenvalue weighted by atomic mass is 9.95. The number of hydrogen-bond donors (Lipinski definition) is 1. The highest BCUT2D eigenvalue weighted by Crippen LogP contribution is 2.38. The predicted molar refractivity (Wildman–Crippen MR) is 119 cm³/mol. The van der Waals surface area contributed by atoms with Gasteiger partial charge in [-0.3, -0.25) is 4.79 Å². The number of methoxy groups -OCH3 is 1. The Kier molecular flexibility index (Phi) is 6.96. The minimum Gasteiger partial charge on any atom is -0.493 e. The highest BCUT2D eigenvalue weighted by molar-refractivity contribution is 5.92. The Balaban J connectivity index is 1.61. The standard InChI is InChI=1S/C22H28N6O6/c1-13(2)34-21(30)19-14(3)23-22-24-25-26-28(22)20(19)15-5-6-16(17(11-15)31-4)33-12-18(29)27-7-9-32-10-8-27/h5-6,11,13,20H,7-10,12H2,1-4H3,(H,23,24,26). The molecule has 1 fully saturated rings. The summed E-state index contributed by atoms with van der Waals surface area (Å²) in [6.45, 7) is 7.36. The summed E-state index contributed by atoms with van der Waals surface area (Å²) in [4.78, 5) is 27.1. The molecule has 4 rings (SSSR count). The smallest absolute Gasteiger partial charge is 0.338 e. The Bertz CT molecular complexity index is 1090. The van der Waals surface area contributed by atoms with E-state index in [2.05, 4.69) is 20.8 Å². The van der Waals surface area contributed by atoms with Crippen LogP contribution in [0.3, 0.4) is 0 Å². The third-order valence-electron chi connectivity index (χ3n) is 5.50. The molecular weight excluding hydrogens is 444 g/mol. The largest absolute Gasteiger partial charge is 0.493 e. The average molecular weight is 473 g/mol. The number of nitrogens with zero attached hydrogens (tertiary/aromatic N) is 5. The second kappa shape index (κ2) is 10.1. The van der Waals surface area contributed by atoms with Gasteiger partial charge in [0, 0.05) is 18.8 Å². The lowest BCUT2D eigenvalue weighted by molar-refractivity contribution is -0.143. The molecule has 3 heterocycles. The van der Waals surface area contributed by atoms with Gasteiger partial charge in [0.1, 0.15) is 6.04 Å². The molecule has 1 N–H and O–H groups in total. The maximum atomic E-state index is 13.0. The van der Waals surface area contributed by atoms with Crippen LogP contribution in [-0.4, -0.2) is 83.1 Å². The van der Waals surface area contributed by atoms with Crippen molar-refractivity contribution in [1.82, 2.24) is 25.1 Å². The lowest BCUT2D eigenvalue weighted by Gasteiger charge is -2.28. The molecule has 2 aliphatic rings. The van der Waals surface area contributed by atoms with Crippen LogP contribution in [0.2, 0.25) is 0 Å². The molecule has 12 nitrogen and oxygen atoms in total. The number of ether oxygens (including phenoxy) is 4. The maximum Gasteiger partial charge on any atom is 0.338 e. The van der Waals surface area contributed by atoms with E-state index in [0.29, 0.717) is 60.6 Å². The number of esters is 1. The van der Waals surface area contributed by atoms with Crippen LogP contribution in [0.4, 0.5) is 5.95 Å². The first kappa shape index (κ1) is 23.5. The number of hydrogen-bond acceptors (Lipinski definition) is 10. The van der Waals surface area contributed by atoms with Crippen LogP contribution in [0.5, 0.6) is 11.5 Å². The molecule has 34 heavy (non-hydrogen) atoms. The zero-order valence-electron chi connectivity index (χ0n) is 19.6. The van der Waals surface area contributed by atoms with Gasteiger partial charge in [-0.1, -0.05) is 11.2 Å². The third kappa shape index (κ3) is 4.81. The minimum atomic E-state index is -0.643. The first-order valence-corrected chi connectivity index (χ1v) is 11.0. The van der Waals surface area contributed by atoms with Crippen molar-refractivity contribution in [1.29, 1.82) is 0 Å². The number of anilines is 1. The molecular formula is C22H28N6O6. The number of tetrazole rings is 1. The topological polar surface area (TPSA) is 130 Å². The van der Waals surface area contributed by atoms with E-state index >= 15 is 0 Å². The molecule has 1 aromatic heterocycles. The SMILES string of the molecule is COc1cc(C2C(C(=O)OC(C)C)=C(C)Nc3nnnn32)ccc1OCC(=O)N1CCOCC1. The quantitative estimate of drug-likeness (QED) is 0.586. The number of rotatable bonds is 7. The summed E-state index contributed by atoms with van der Waals surface area (Å²) in [5.74, 6) is 0.629. The highest BCUT2D eigenvalue weighted by atomic mass is 16.5. The molecule has 0 bridgehead atoms. The first-order valence-electron chi connectivity index (χ1n) is 11.0. The van der Waals surface area contributed by atoms with Crippen LogP contribution < -0.4 is 14.8 Å². The van der Waals surface area contributed by atoms with Gasteiger partial charge in [0.05, 0.1) is 32.0 Å². The maximum absolute atomic E-state index is 13.0. The Morgan fingerprint density at radius 3 is 2.71 bits per heavy atom. The van der Waals surface area contributed by atoms with Gasteiger partial charge in [0.25, 0.3) is 5.91 Å². The summed E-state index contributed by atoms with van der Waals surface area (Å²) in [7, 11) is 1.51. The van der Waals surface area contributed by atoms with Crippen LogP contribution in [-0.2, 0) is 19.1 Å². The van der Waals surface area contributed by atoms with E-state index in [1.807, 2.05) is 0 Å². The Morgan fingerprint density at radius 1 is 1.24 bits per heavy atom. The molecule has 12 heteroatoms. The average Bonchev–Trinajstić information content (AvgIpc) is 3.29. The van der Waals surface area contributed by atoms with Crippen LogP contribution >= 0.6 is 0 Å². The van der Waals surface area contributed by atoms with E-state index < -0.39 is 12.0 Å². The first-order chi connectivity index (χ1) is 16.4. The van der Waals surface area contributed by atoms with Crippen LogP contribution in [0.25, 0.3) is 0 Å². The number of nitrogens with one attached hydrogen (secondary N) is 1. The van der Waals surface area contributed by atoms with Crippen molar-refractivity contribution in [2.45, 2.75) is 32.9 Å². The summed E-state index contributed by atoms with van der Waals surface area (Å²) < 4.78 is 23.6. The van der Waals surface area contributed by atoms with Crippen molar-refractivity contribution in [2.75, 3.05) is 45.3 Å². The van der Waals surface area contributed by atoms with Gasteiger partial charge in [0.2, 0.25) is 5.95 Å². The summed E-state index contributed by atoms with van der Waals surface area (Å²) in [5.41, 5.74) is 1.66. The Labute approximate surface area is 196 Å². The van der Waals surface area contributed by atoms with Gasteiger partial charge in [0.15, 0.2) is 18.1 Å². The normalized spacial score (nSPS) is 17.8. The fourth-order valence-corrected chi connectivity index (χ4v) is 3.88. The van der Waals surface area contributed by atoms with Crippen molar-refractivity contribution < 1.29 is 28.5 Å². The van der Waals surface area contributed by atoms with E-state index in [9.17, 15) is 9.59 Å². The molecule has 0 aliphatic carbocycles. The van der Waals surface area contributed by atoms with Crippen LogP contribution in [0.15, 0.2) is 29.5 Å². The molecule has 0 saturated carbocycles. The van der Waals surface area contributed by atoms with Gasteiger partial charge in [-0.15, -0.1) is 0 Å². The third-order valence-corrected chi connectivity index (χ3v) is 5.50. The molecule has 2 aliphatic heterocycles. The van der Waals surface area contributed by atoms with Crippen molar-refractivity contribution >= 4 is 17.8 Å². The number of carbonyl (C=O) groups is 2. The van der Waals surface area contributed by atoms with E-state index in [1.54, 1.807) is 43.9 Å². The summed E-state index contributed by atoms with van der Waals surface area (Å²) in [5, 5.41) is 14.8. The van der Waals surface area contributed by atoms with Crippen LogP contribution in [0, 0.1) is 0 Å². The van der Waals surface area contributed by atoms with Gasteiger partial charge in [-0.25, -0.2) is 4.79 Å². The fourth-order valence-electron chi connectivity index (χ4n) is 3.88. The molecule has 0 radical (unpaired) electrons. The number of carbonyl (C=O) groups excluding carboxylic acids is 2. The zero-order chi connectivity index (χ0) is 24.2. The zero-order valence-corrected chi connectivity index (χ0v) is 19.6. The van der Waals surface area contributed by atoms with E-state index in [0.717, 1.165) is 0 Å². The number of allylic oxidation sites excluding steroid dienone is 1. The van der Waals surface area contributed by atoms with Crippen molar-refractivity contribution in [3.63, 3.8) is 0 Å². The molecule has 182 valence electrons. The summed E-state index contributed by atoms with van der Waals surface area (Å²) in [6.07, 6.45) is -0.293. The molecule has 1 amide bonds. The second-order valence-electron chi connectivity index (χ2n) is 8.16. The van der Waals surface area contributed by atoms with E-state index in [1.165, 1.54) is 11.8 Å². The van der Waals surface area contributed by atoms with Gasteiger partial charge >= 0.3 is 5.97 Å². The van der Waals surface area contributed by atoms with Gasteiger partial charge in [-0.05, 0) is 48.9 Å². The number of benzene rings is 1. The van der Waals surface area contributed by atoms with Crippen molar-refractivity contribution in [3.05, 3.63) is 35.0 Å². The number of amides is 1. The van der Waals surface area contributed by atoms with Crippen molar-refractivity contribution in [3.8, 4) is 11.5 Å². The lowest BCUT2D eigenvalue weighted by Crippen LogP contribution is -2.43. The molecule has 1 unspecified atom stereocenters. The predicted octanol–water partition coefficient (Wildman–Crippen LogP) is 1.16. The highest BCUT2D eigenvalue weighted by Gasteiger charge is 2.35. The summed E-state index contributed by atoms with van der Waals surface area (Å²) >= 11 is 0. The number of morpholine rings is 1.